The summed E-state index contributed by atoms with van der Waals surface area (Å²) < 4.78 is 0. The van der Waals surface area contributed by atoms with E-state index in [-0.39, 0.29) is 5.91 Å². The van der Waals surface area contributed by atoms with E-state index in [9.17, 15) is 4.79 Å². The zero-order valence-electron chi connectivity index (χ0n) is 7.55. The molecule has 3 heteroatoms. The van der Waals surface area contributed by atoms with Gasteiger partial charge in [-0.25, -0.2) is 0 Å². The topological polar surface area (TPSA) is 41.1 Å². The summed E-state index contributed by atoms with van der Waals surface area (Å²) in [7, 11) is 0. The lowest BCUT2D eigenvalue weighted by Gasteiger charge is -2.06. The van der Waals surface area contributed by atoms with E-state index in [1.165, 1.54) is 0 Å². The van der Waals surface area contributed by atoms with Gasteiger partial charge in [-0.1, -0.05) is 0 Å². The Bertz CT molecular complexity index is 246. The van der Waals surface area contributed by atoms with Gasteiger partial charge in [0.2, 0.25) is 5.91 Å². The molecule has 0 radical (unpaired) electrons. The van der Waals surface area contributed by atoms with E-state index >= 15 is 0 Å². The highest BCUT2D eigenvalue weighted by atomic mass is 16.1. The molecule has 1 saturated carbocycles. The van der Waals surface area contributed by atoms with Crippen LogP contribution in [-0.4, -0.2) is 25.0 Å². The molecule has 0 aromatic carbocycles. The third kappa shape index (κ3) is 1.68. The molecule has 13 heavy (non-hydrogen) atoms. The van der Waals surface area contributed by atoms with Crippen molar-refractivity contribution in [3.63, 3.8) is 0 Å². The molecule has 0 aromatic heterocycles. The molecular formula is C10H14N2O. The van der Waals surface area contributed by atoms with Crippen LogP contribution in [-0.2, 0) is 4.79 Å². The Labute approximate surface area is 78.3 Å². The van der Waals surface area contributed by atoms with Crippen molar-refractivity contribution in [2.24, 2.45) is 11.8 Å². The van der Waals surface area contributed by atoms with Crippen molar-refractivity contribution in [1.29, 1.82) is 0 Å². The van der Waals surface area contributed by atoms with Crippen LogP contribution in [0.15, 0.2) is 0 Å². The average Bonchev–Trinajstić information content (AvgIpc) is 2.63. The van der Waals surface area contributed by atoms with Crippen molar-refractivity contribution in [2.75, 3.05) is 13.1 Å². The fourth-order valence-corrected chi connectivity index (χ4v) is 2.08. The molecule has 2 unspecified atom stereocenters. The SMILES string of the molecule is C#CCCC(=O)NC1C2CNCC21. The van der Waals surface area contributed by atoms with Crippen molar-refractivity contribution >= 4 is 5.91 Å². The Hall–Kier alpha value is -1.01. The van der Waals surface area contributed by atoms with Crippen molar-refractivity contribution in [1.82, 2.24) is 10.6 Å². The normalized spacial score (nSPS) is 34.8. The predicted molar refractivity (Wildman–Crippen MR) is 49.8 cm³/mol. The first-order chi connectivity index (χ1) is 6.33. The van der Waals surface area contributed by atoms with Gasteiger partial charge in [-0.15, -0.1) is 12.3 Å². The molecule has 0 spiro atoms. The van der Waals surface area contributed by atoms with E-state index in [0.717, 1.165) is 13.1 Å². The highest BCUT2D eigenvalue weighted by Gasteiger charge is 2.53. The first-order valence-electron chi connectivity index (χ1n) is 4.76. The average molecular weight is 178 g/mol. The van der Waals surface area contributed by atoms with Crippen LogP contribution in [0.3, 0.4) is 0 Å². The van der Waals surface area contributed by atoms with Gasteiger partial charge in [0.15, 0.2) is 0 Å². The second-order valence-electron chi connectivity index (χ2n) is 3.78. The van der Waals surface area contributed by atoms with Crippen LogP contribution in [0.25, 0.3) is 0 Å². The maximum absolute atomic E-state index is 11.3. The van der Waals surface area contributed by atoms with Gasteiger partial charge < -0.3 is 10.6 Å². The van der Waals surface area contributed by atoms with Gasteiger partial charge in [0.1, 0.15) is 0 Å². The number of carbonyl (C=O) groups excluding carboxylic acids is 1. The van der Waals surface area contributed by atoms with E-state index in [0.29, 0.717) is 30.7 Å². The summed E-state index contributed by atoms with van der Waals surface area (Å²) in [5.41, 5.74) is 0. The lowest BCUT2D eigenvalue weighted by Crippen LogP contribution is -2.32. The van der Waals surface area contributed by atoms with E-state index in [1.807, 2.05) is 0 Å². The van der Waals surface area contributed by atoms with Crippen LogP contribution in [0.2, 0.25) is 0 Å². The molecule has 1 amide bonds. The van der Waals surface area contributed by atoms with Gasteiger partial charge in [0.05, 0.1) is 0 Å². The van der Waals surface area contributed by atoms with Gasteiger partial charge >= 0.3 is 0 Å². The predicted octanol–water partition coefficient (Wildman–Crippen LogP) is -0.266. The molecule has 1 saturated heterocycles. The Morgan fingerprint density at radius 3 is 2.85 bits per heavy atom. The van der Waals surface area contributed by atoms with Crippen LogP contribution in [0.4, 0.5) is 0 Å². The zero-order chi connectivity index (χ0) is 9.26. The first-order valence-corrected chi connectivity index (χ1v) is 4.76. The van der Waals surface area contributed by atoms with Crippen LogP contribution in [0.1, 0.15) is 12.8 Å². The van der Waals surface area contributed by atoms with Gasteiger partial charge in [0.25, 0.3) is 0 Å². The molecule has 0 aromatic rings. The molecule has 2 aliphatic rings. The summed E-state index contributed by atoms with van der Waals surface area (Å²) >= 11 is 0. The molecule has 0 bridgehead atoms. The van der Waals surface area contributed by atoms with Gasteiger partial charge in [0, 0.05) is 32.0 Å². The van der Waals surface area contributed by atoms with Crippen molar-refractivity contribution < 1.29 is 4.79 Å². The monoisotopic (exact) mass is 178 g/mol. The zero-order valence-corrected chi connectivity index (χ0v) is 7.55. The molecule has 2 N–H and O–H groups in total. The molecule has 2 atom stereocenters. The summed E-state index contributed by atoms with van der Waals surface area (Å²) in [6.07, 6.45) is 6.10. The fourth-order valence-electron chi connectivity index (χ4n) is 2.08. The number of amides is 1. The second-order valence-corrected chi connectivity index (χ2v) is 3.78. The Balaban J connectivity index is 1.69. The standard InChI is InChI=1S/C10H14N2O/c1-2-3-4-9(13)12-10-7-5-11-6-8(7)10/h1,7-8,10-11H,3-6H2,(H,12,13). The molecule has 2 fully saturated rings. The van der Waals surface area contributed by atoms with Gasteiger partial charge in [-0.2, -0.15) is 0 Å². The number of fused-ring (bicyclic) bond motifs is 1. The molecule has 1 heterocycles. The summed E-state index contributed by atoms with van der Waals surface area (Å²) in [6, 6.07) is 0.437. The third-order valence-corrected chi connectivity index (χ3v) is 2.92. The third-order valence-electron chi connectivity index (χ3n) is 2.92. The van der Waals surface area contributed by atoms with E-state index in [4.69, 9.17) is 6.42 Å². The summed E-state index contributed by atoms with van der Waals surface area (Å²) in [4.78, 5) is 11.3. The van der Waals surface area contributed by atoms with Crippen LogP contribution in [0, 0.1) is 24.2 Å². The van der Waals surface area contributed by atoms with E-state index in [1.54, 1.807) is 0 Å². The van der Waals surface area contributed by atoms with Gasteiger partial charge in [-0.05, 0) is 11.8 Å². The van der Waals surface area contributed by atoms with E-state index < -0.39 is 0 Å². The Morgan fingerprint density at radius 1 is 1.54 bits per heavy atom. The quantitative estimate of drug-likeness (QED) is 0.584. The number of carbonyl (C=O) groups is 1. The Kier molecular flexibility index (Phi) is 2.24. The molecule has 1 aliphatic carbocycles. The molecule has 70 valence electrons. The Morgan fingerprint density at radius 2 is 2.23 bits per heavy atom. The number of piperidine rings is 1. The number of nitrogens with one attached hydrogen (secondary N) is 2. The lowest BCUT2D eigenvalue weighted by atomic mass is 10.3. The lowest BCUT2D eigenvalue weighted by molar-refractivity contribution is -0.121. The summed E-state index contributed by atoms with van der Waals surface area (Å²) in [6.45, 7) is 2.12. The minimum atomic E-state index is 0.109. The summed E-state index contributed by atoms with van der Waals surface area (Å²) in [5.74, 6) is 3.96. The maximum Gasteiger partial charge on any atom is 0.221 e. The van der Waals surface area contributed by atoms with Crippen molar-refractivity contribution in [3.8, 4) is 12.3 Å². The minimum Gasteiger partial charge on any atom is -0.353 e. The maximum atomic E-state index is 11.3. The molecule has 3 nitrogen and oxygen atoms in total. The van der Waals surface area contributed by atoms with Gasteiger partial charge in [-0.3, -0.25) is 4.79 Å². The molecular weight excluding hydrogens is 164 g/mol. The molecule has 2 rings (SSSR count). The highest BCUT2D eigenvalue weighted by Crippen LogP contribution is 2.41. The number of hydrogen-bond acceptors (Lipinski definition) is 2. The first kappa shape index (κ1) is 8.58. The minimum absolute atomic E-state index is 0.109. The van der Waals surface area contributed by atoms with Crippen LogP contribution >= 0.6 is 0 Å². The van der Waals surface area contributed by atoms with Crippen molar-refractivity contribution in [2.45, 2.75) is 18.9 Å². The van der Waals surface area contributed by atoms with Crippen LogP contribution < -0.4 is 10.6 Å². The number of terminal acetylenes is 1. The number of rotatable bonds is 3. The second kappa shape index (κ2) is 3.39. The van der Waals surface area contributed by atoms with E-state index in [2.05, 4.69) is 16.6 Å². The van der Waals surface area contributed by atoms with Crippen LogP contribution in [0.5, 0.6) is 0 Å². The highest BCUT2D eigenvalue weighted by molar-refractivity contribution is 5.77. The molecule has 1 aliphatic heterocycles. The fraction of sp³-hybridized carbons (Fsp3) is 0.700. The smallest absolute Gasteiger partial charge is 0.221 e. The largest absolute Gasteiger partial charge is 0.353 e. The number of hydrogen-bond donors (Lipinski definition) is 2. The summed E-state index contributed by atoms with van der Waals surface area (Å²) in [5, 5.41) is 6.30. The van der Waals surface area contributed by atoms with Crippen molar-refractivity contribution in [3.05, 3.63) is 0 Å².